The molecule has 0 radical (unpaired) electrons. The number of nitrogens with zero attached hydrogens (tertiary/aromatic N) is 1. The second-order valence-corrected chi connectivity index (χ2v) is 10.2. The van der Waals surface area contributed by atoms with E-state index in [0.717, 1.165) is 35.1 Å². The Kier molecular flexibility index (Phi) is 10.5. The van der Waals surface area contributed by atoms with Gasteiger partial charge in [-0.15, -0.1) is 0 Å². The second-order valence-electron chi connectivity index (χ2n) is 10.2. The van der Waals surface area contributed by atoms with Gasteiger partial charge in [0, 0.05) is 20.0 Å². The summed E-state index contributed by atoms with van der Waals surface area (Å²) in [5.41, 5.74) is 2.92. The zero-order valence-electron chi connectivity index (χ0n) is 22.7. The molecule has 2 aromatic rings. The molecule has 2 N–H and O–H groups in total. The summed E-state index contributed by atoms with van der Waals surface area (Å²) in [6.07, 6.45) is 1.38. The van der Waals surface area contributed by atoms with Gasteiger partial charge < -0.3 is 20.3 Å². The van der Waals surface area contributed by atoms with Crippen molar-refractivity contribution in [3.05, 3.63) is 70.8 Å². The van der Waals surface area contributed by atoms with E-state index in [0.29, 0.717) is 6.54 Å². The zero-order chi connectivity index (χ0) is 26.9. The fourth-order valence-electron chi connectivity index (χ4n) is 3.95. The number of unbranched alkanes of at least 4 members (excludes halogenated alkanes) is 1. The van der Waals surface area contributed by atoms with Crippen LogP contribution in [0.1, 0.15) is 68.8 Å². The van der Waals surface area contributed by atoms with E-state index in [-0.39, 0.29) is 18.2 Å². The molecule has 0 saturated heterocycles. The first-order valence-electron chi connectivity index (χ1n) is 12.6. The summed E-state index contributed by atoms with van der Waals surface area (Å²) in [4.78, 5) is 41.4. The fraction of sp³-hybridized carbons (Fsp3) is 0.483. The average molecular weight is 496 g/mol. The van der Waals surface area contributed by atoms with Gasteiger partial charge in [-0.2, -0.15) is 0 Å². The lowest BCUT2D eigenvalue weighted by atomic mass is 9.95. The van der Waals surface area contributed by atoms with Crippen LogP contribution >= 0.6 is 0 Å². The maximum atomic E-state index is 13.9. The Morgan fingerprint density at radius 2 is 1.67 bits per heavy atom. The number of benzene rings is 2. The van der Waals surface area contributed by atoms with Crippen molar-refractivity contribution in [3.63, 3.8) is 0 Å². The number of carbonyl (C=O) groups is 3. The van der Waals surface area contributed by atoms with E-state index >= 15 is 0 Å². The Morgan fingerprint density at radius 1 is 1.00 bits per heavy atom. The third-order valence-corrected chi connectivity index (χ3v) is 6.03. The normalized spacial score (nSPS) is 12.9. The molecule has 0 heterocycles. The van der Waals surface area contributed by atoms with Crippen LogP contribution in [0.3, 0.4) is 0 Å². The summed E-state index contributed by atoms with van der Waals surface area (Å²) < 4.78 is 5.43. The third kappa shape index (κ3) is 8.40. The predicted molar refractivity (Wildman–Crippen MR) is 143 cm³/mol. The molecular formula is C29H41N3O4. The van der Waals surface area contributed by atoms with E-state index in [1.807, 2.05) is 62.4 Å². The van der Waals surface area contributed by atoms with Crippen LogP contribution in [0.25, 0.3) is 0 Å². The van der Waals surface area contributed by atoms with Crippen molar-refractivity contribution in [1.82, 2.24) is 15.5 Å². The largest absolute Gasteiger partial charge is 0.444 e. The number of nitrogens with one attached hydrogen (secondary N) is 2. The van der Waals surface area contributed by atoms with Crippen molar-refractivity contribution >= 4 is 17.9 Å². The van der Waals surface area contributed by atoms with E-state index in [2.05, 4.69) is 17.6 Å². The lowest BCUT2D eigenvalue weighted by Crippen LogP contribution is -2.52. The highest BCUT2D eigenvalue weighted by molar-refractivity contribution is 5.92. The maximum Gasteiger partial charge on any atom is 0.408 e. The number of alkyl carbamates (subject to hydrolysis) is 1. The van der Waals surface area contributed by atoms with E-state index in [4.69, 9.17) is 4.74 Å². The van der Waals surface area contributed by atoms with Gasteiger partial charge in [0.1, 0.15) is 17.7 Å². The number of carbonyl (C=O) groups excluding carboxylic acids is 3. The molecule has 7 nitrogen and oxygen atoms in total. The Hall–Kier alpha value is -3.35. The third-order valence-electron chi connectivity index (χ3n) is 6.03. The van der Waals surface area contributed by atoms with Crippen molar-refractivity contribution in [1.29, 1.82) is 0 Å². The smallest absolute Gasteiger partial charge is 0.408 e. The minimum absolute atomic E-state index is 0.247. The van der Waals surface area contributed by atoms with E-state index in [1.54, 1.807) is 27.8 Å². The maximum absolute atomic E-state index is 13.9. The molecule has 7 heteroatoms. The minimum Gasteiger partial charge on any atom is -0.444 e. The molecule has 0 saturated carbocycles. The summed E-state index contributed by atoms with van der Waals surface area (Å²) >= 11 is 0. The monoisotopic (exact) mass is 495 g/mol. The molecule has 0 spiro atoms. The Balaban J connectivity index is 2.42. The van der Waals surface area contributed by atoms with E-state index in [1.165, 1.54) is 4.90 Å². The van der Waals surface area contributed by atoms with Crippen molar-refractivity contribution in [2.45, 2.75) is 78.5 Å². The molecule has 0 fully saturated rings. The molecule has 0 aliphatic rings. The molecule has 2 rings (SSSR count). The molecule has 36 heavy (non-hydrogen) atoms. The summed E-state index contributed by atoms with van der Waals surface area (Å²) in [6, 6.07) is 13.5. The lowest BCUT2D eigenvalue weighted by molar-refractivity contribution is -0.140. The van der Waals surface area contributed by atoms with Crippen molar-refractivity contribution in [2.24, 2.45) is 0 Å². The highest BCUT2D eigenvalue weighted by Crippen LogP contribution is 2.26. The number of likely N-dealkylation sites (N-methyl/N-ethyl adjacent to an activating group) is 1. The van der Waals surface area contributed by atoms with Gasteiger partial charge >= 0.3 is 6.09 Å². The molecule has 2 aromatic carbocycles. The molecule has 196 valence electrons. The van der Waals surface area contributed by atoms with Crippen LogP contribution in [0.2, 0.25) is 0 Å². The Bertz CT molecular complexity index is 1030. The number of rotatable bonds is 10. The van der Waals surface area contributed by atoms with Crippen LogP contribution in [-0.4, -0.2) is 48.0 Å². The number of amides is 3. The number of aryl methyl sites for hydroxylation is 1. The Labute approximate surface area is 215 Å². The molecule has 2 unspecified atom stereocenters. The SMILES string of the molecule is CCCCNC(=O)C(c1cccc(C)c1C)N(C)C(=O)C(Cc1ccccc1)NC(=O)OC(C)(C)C. The van der Waals surface area contributed by atoms with E-state index in [9.17, 15) is 14.4 Å². The first-order valence-corrected chi connectivity index (χ1v) is 12.6. The Morgan fingerprint density at radius 3 is 2.28 bits per heavy atom. The van der Waals surface area contributed by atoms with Crippen LogP contribution in [0.5, 0.6) is 0 Å². The van der Waals surface area contributed by atoms with Gasteiger partial charge in [-0.25, -0.2) is 4.79 Å². The zero-order valence-corrected chi connectivity index (χ0v) is 22.7. The standard InChI is InChI=1S/C29H41N3O4/c1-8-9-18-30-26(33)25(23-17-13-14-20(2)21(23)3)32(7)27(34)24(19-22-15-11-10-12-16-22)31-28(35)36-29(4,5)6/h10-17,24-25H,8-9,18-19H2,1-7H3,(H,30,33)(H,31,35). The summed E-state index contributed by atoms with van der Waals surface area (Å²) in [7, 11) is 1.61. The van der Waals surface area contributed by atoms with Gasteiger partial charge in [-0.3, -0.25) is 9.59 Å². The molecule has 0 aliphatic carbocycles. The van der Waals surface area contributed by atoms with Gasteiger partial charge in [0.15, 0.2) is 0 Å². The second kappa shape index (κ2) is 13.1. The van der Waals surface area contributed by atoms with Crippen LogP contribution in [0, 0.1) is 13.8 Å². The first kappa shape index (κ1) is 28.9. The van der Waals surface area contributed by atoms with Crippen LogP contribution in [0.4, 0.5) is 4.79 Å². The number of hydrogen-bond donors (Lipinski definition) is 2. The minimum atomic E-state index is -0.914. The van der Waals surface area contributed by atoms with E-state index < -0.39 is 23.8 Å². The summed E-state index contributed by atoms with van der Waals surface area (Å²) in [5, 5.41) is 5.72. The van der Waals surface area contributed by atoms with Gasteiger partial charge in [0.2, 0.25) is 11.8 Å². The molecule has 2 atom stereocenters. The highest BCUT2D eigenvalue weighted by atomic mass is 16.6. The number of hydrogen-bond acceptors (Lipinski definition) is 4. The first-order chi connectivity index (χ1) is 16.9. The molecule has 0 aliphatic heterocycles. The van der Waals surface area contributed by atoms with Gasteiger partial charge in [-0.05, 0) is 63.3 Å². The van der Waals surface area contributed by atoms with Gasteiger partial charge in [0.05, 0.1) is 0 Å². The lowest BCUT2D eigenvalue weighted by Gasteiger charge is -2.32. The van der Waals surface area contributed by atoms with Gasteiger partial charge in [0.25, 0.3) is 0 Å². The topological polar surface area (TPSA) is 87.7 Å². The fourth-order valence-corrected chi connectivity index (χ4v) is 3.95. The van der Waals surface area contributed by atoms with Crippen LogP contribution < -0.4 is 10.6 Å². The van der Waals surface area contributed by atoms with Crippen molar-refractivity contribution in [2.75, 3.05) is 13.6 Å². The van der Waals surface area contributed by atoms with Crippen molar-refractivity contribution in [3.8, 4) is 0 Å². The molecule has 0 bridgehead atoms. The highest BCUT2D eigenvalue weighted by Gasteiger charge is 2.35. The quantitative estimate of drug-likeness (QED) is 0.461. The molecular weight excluding hydrogens is 454 g/mol. The van der Waals surface area contributed by atoms with Crippen LogP contribution in [-0.2, 0) is 20.7 Å². The summed E-state index contributed by atoms with van der Waals surface area (Å²) in [5.74, 6) is -0.620. The van der Waals surface area contributed by atoms with Gasteiger partial charge in [-0.1, -0.05) is 61.9 Å². The average Bonchev–Trinajstić information content (AvgIpc) is 2.80. The predicted octanol–water partition coefficient (Wildman–Crippen LogP) is 4.86. The molecule has 0 aromatic heterocycles. The van der Waals surface area contributed by atoms with Crippen molar-refractivity contribution < 1.29 is 19.1 Å². The molecule has 3 amide bonds. The van der Waals surface area contributed by atoms with Crippen LogP contribution in [0.15, 0.2) is 48.5 Å². The summed E-state index contributed by atoms with van der Waals surface area (Å²) in [6.45, 7) is 11.8. The number of ether oxygens (including phenoxy) is 1.